The zero-order valence-electron chi connectivity index (χ0n) is 11.2. The van der Waals surface area contributed by atoms with Crippen molar-refractivity contribution in [3.05, 3.63) is 66.8 Å². The van der Waals surface area contributed by atoms with Gasteiger partial charge in [0.2, 0.25) is 10.0 Å². The summed E-state index contributed by atoms with van der Waals surface area (Å²) in [4.78, 5) is 3.97. The lowest BCUT2D eigenvalue weighted by Crippen LogP contribution is -2.29. The number of hydrogen-bond donors (Lipinski definition) is 0. The Kier molecular flexibility index (Phi) is 4.52. The summed E-state index contributed by atoms with van der Waals surface area (Å²) in [7, 11) is -1.95. The van der Waals surface area contributed by atoms with Gasteiger partial charge in [-0.2, -0.15) is 0 Å². The third-order valence-electron chi connectivity index (χ3n) is 3.03. The molecule has 5 heteroatoms. The van der Waals surface area contributed by atoms with Crippen LogP contribution in [-0.4, -0.2) is 31.3 Å². The van der Waals surface area contributed by atoms with Crippen molar-refractivity contribution in [1.29, 1.82) is 0 Å². The largest absolute Gasteiger partial charge is 0.260 e. The Balaban J connectivity index is 2.08. The minimum Gasteiger partial charge on any atom is -0.260 e. The molecule has 1 heterocycles. The fourth-order valence-corrected chi connectivity index (χ4v) is 2.89. The van der Waals surface area contributed by atoms with Crippen molar-refractivity contribution in [2.24, 2.45) is 0 Å². The number of nitrogens with zero attached hydrogens (tertiary/aromatic N) is 2. The standard InChI is InChI=1S/C15H16N2O2S/c1-13-8-9-15(12-16-13)20(18,19)17(2)11-10-14-6-4-3-5-7-14/h1,3-9,12H,10-11H2,2H3. The molecule has 1 aromatic heterocycles. The molecule has 0 saturated carbocycles. The lowest BCUT2D eigenvalue weighted by molar-refractivity contribution is 0.472. The monoisotopic (exact) mass is 288 g/mol. The minimum atomic E-state index is -3.51. The van der Waals surface area contributed by atoms with Crippen LogP contribution in [0.25, 0.3) is 0 Å². The van der Waals surface area contributed by atoms with Crippen LogP contribution in [0.4, 0.5) is 0 Å². The maximum Gasteiger partial charge on any atom is 0.244 e. The molecule has 104 valence electrons. The van der Waals surface area contributed by atoms with Gasteiger partial charge < -0.3 is 0 Å². The molecule has 0 aliphatic rings. The number of pyridine rings is 1. The van der Waals surface area contributed by atoms with Crippen LogP contribution in [0.3, 0.4) is 0 Å². The number of aromatic nitrogens is 1. The minimum absolute atomic E-state index is 0.155. The van der Waals surface area contributed by atoms with E-state index in [2.05, 4.69) is 4.98 Å². The predicted molar refractivity (Wildman–Crippen MR) is 77.6 cm³/mol. The second-order valence-electron chi connectivity index (χ2n) is 4.48. The van der Waals surface area contributed by atoms with Crippen LogP contribution in [0.1, 0.15) is 11.3 Å². The molecule has 0 bridgehead atoms. The summed E-state index contributed by atoms with van der Waals surface area (Å²) in [5, 5.41) is 0. The third-order valence-corrected chi connectivity index (χ3v) is 4.87. The van der Waals surface area contributed by atoms with Gasteiger partial charge in [-0.25, -0.2) is 12.7 Å². The van der Waals surface area contributed by atoms with E-state index in [1.807, 2.05) is 30.3 Å². The summed E-state index contributed by atoms with van der Waals surface area (Å²) in [5.74, 6) is 0. The first-order valence-electron chi connectivity index (χ1n) is 6.22. The summed E-state index contributed by atoms with van der Waals surface area (Å²) in [6.07, 6.45) is 1.95. The molecule has 20 heavy (non-hydrogen) atoms. The average molecular weight is 288 g/mol. The first kappa shape index (κ1) is 14.7. The zero-order valence-corrected chi connectivity index (χ0v) is 12.0. The van der Waals surface area contributed by atoms with Gasteiger partial charge in [0.25, 0.3) is 0 Å². The zero-order chi connectivity index (χ0) is 14.6. The van der Waals surface area contributed by atoms with Gasteiger partial charge in [-0.15, -0.1) is 0 Å². The van der Waals surface area contributed by atoms with Crippen LogP contribution in [0.15, 0.2) is 53.6 Å². The summed E-state index contributed by atoms with van der Waals surface area (Å²) < 4.78 is 25.9. The molecule has 2 aromatic rings. The van der Waals surface area contributed by atoms with E-state index in [1.165, 1.54) is 22.6 Å². The van der Waals surface area contributed by atoms with E-state index < -0.39 is 10.0 Å². The molecule has 0 amide bonds. The number of rotatable bonds is 5. The highest BCUT2D eigenvalue weighted by molar-refractivity contribution is 7.89. The van der Waals surface area contributed by atoms with Gasteiger partial charge in [0.05, 0.1) is 0 Å². The van der Waals surface area contributed by atoms with Gasteiger partial charge in [-0.1, -0.05) is 30.3 Å². The van der Waals surface area contributed by atoms with E-state index >= 15 is 0 Å². The normalized spacial score (nSPS) is 11.8. The Hall–Kier alpha value is -1.72. The highest BCUT2D eigenvalue weighted by Gasteiger charge is 2.20. The van der Waals surface area contributed by atoms with Gasteiger partial charge in [0, 0.05) is 32.4 Å². The first-order valence-corrected chi connectivity index (χ1v) is 7.66. The van der Waals surface area contributed by atoms with Crippen LogP contribution in [-0.2, 0) is 16.4 Å². The topological polar surface area (TPSA) is 50.3 Å². The highest BCUT2D eigenvalue weighted by atomic mass is 32.2. The molecule has 0 aliphatic carbocycles. The maximum absolute atomic E-state index is 12.3. The fraction of sp³-hybridized carbons (Fsp3) is 0.200. The Morgan fingerprint density at radius 2 is 1.85 bits per heavy atom. The van der Waals surface area contributed by atoms with Crippen LogP contribution in [0.2, 0.25) is 0 Å². The molecule has 2 rings (SSSR count). The predicted octanol–water partition coefficient (Wildman–Crippen LogP) is 2.00. The lowest BCUT2D eigenvalue weighted by Gasteiger charge is -2.17. The van der Waals surface area contributed by atoms with Crippen molar-refractivity contribution in [2.45, 2.75) is 11.3 Å². The average Bonchev–Trinajstić information content (AvgIpc) is 2.46. The number of hydrogen-bond acceptors (Lipinski definition) is 3. The summed E-state index contributed by atoms with van der Waals surface area (Å²) in [6, 6.07) is 12.7. The maximum atomic E-state index is 12.3. The van der Waals surface area contributed by atoms with Crippen molar-refractivity contribution in [2.75, 3.05) is 13.6 Å². The van der Waals surface area contributed by atoms with Gasteiger partial charge in [-0.05, 0) is 24.1 Å². The molecular weight excluding hydrogens is 272 g/mol. The summed E-state index contributed by atoms with van der Waals surface area (Å²) >= 11 is 0. The SMILES string of the molecule is [CH]c1ccc(S(=O)(=O)N(C)CCc2ccccc2)cn1. The second kappa shape index (κ2) is 6.15. The van der Waals surface area contributed by atoms with E-state index in [-0.39, 0.29) is 4.90 Å². The van der Waals surface area contributed by atoms with E-state index in [1.54, 1.807) is 7.05 Å². The number of likely N-dealkylation sites (N-methyl/N-ethyl adjacent to an activating group) is 1. The van der Waals surface area contributed by atoms with Crippen molar-refractivity contribution >= 4 is 10.0 Å². The van der Waals surface area contributed by atoms with Crippen molar-refractivity contribution in [3.63, 3.8) is 0 Å². The van der Waals surface area contributed by atoms with Crippen molar-refractivity contribution < 1.29 is 8.42 Å². The fourth-order valence-electron chi connectivity index (χ4n) is 1.78. The molecule has 1 aromatic carbocycles. The molecule has 0 aliphatic heterocycles. The number of sulfonamides is 1. The molecule has 0 fully saturated rings. The Labute approximate surface area is 120 Å². The van der Waals surface area contributed by atoms with Crippen LogP contribution in [0, 0.1) is 6.92 Å². The van der Waals surface area contributed by atoms with Crippen molar-refractivity contribution in [1.82, 2.24) is 9.29 Å². The molecular formula is C15H16N2O2S. The van der Waals surface area contributed by atoms with E-state index in [0.29, 0.717) is 18.7 Å². The van der Waals surface area contributed by atoms with E-state index in [0.717, 1.165) is 5.56 Å². The molecule has 0 unspecified atom stereocenters. The smallest absolute Gasteiger partial charge is 0.244 e. The summed E-state index contributed by atoms with van der Waals surface area (Å²) in [6.45, 7) is 5.87. The molecule has 0 saturated heterocycles. The lowest BCUT2D eigenvalue weighted by atomic mass is 10.2. The Bertz CT molecular complexity index is 652. The number of benzene rings is 1. The van der Waals surface area contributed by atoms with Gasteiger partial charge in [-0.3, -0.25) is 4.98 Å². The highest BCUT2D eigenvalue weighted by Crippen LogP contribution is 2.14. The Morgan fingerprint density at radius 1 is 1.15 bits per heavy atom. The van der Waals surface area contributed by atoms with Crippen LogP contribution in [0.5, 0.6) is 0 Å². The molecule has 4 nitrogen and oxygen atoms in total. The molecule has 0 N–H and O–H groups in total. The summed E-state index contributed by atoms with van der Waals surface area (Å²) in [5.41, 5.74) is 1.40. The van der Waals surface area contributed by atoms with Crippen LogP contribution < -0.4 is 0 Å². The molecule has 0 spiro atoms. The van der Waals surface area contributed by atoms with Gasteiger partial charge >= 0.3 is 0 Å². The van der Waals surface area contributed by atoms with Crippen LogP contribution >= 0.6 is 0 Å². The Morgan fingerprint density at radius 3 is 2.45 bits per heavy atom. The molecule has 0 atom stereocenters. The second-order valence-corrected chi connectivity index (χ2v) is 6.53. The molecule has 2 radical (unpaired) electrons. The van der Waals surface area contributed by atoms with Crippen molar-refractivity contribution in [3.8, 4) is 0 Å². The first-order chi connectivity index (χ1) is 9.50. The third kappa shape index (κ3) is 3.43. The van der Waals surface area contributed by atoms with E-state index in [9.17, 15) is 8.42 Å². The van der Waals surface area contributed by atoms with Gasteiger partial charge in [0.15, 0.2) is 0 Å². The van der Waals surface area contributed by atoms with E-state index in [4.69, 9.17) is 6.92 Å². The quantitative estimate of drug-likeness (QED) is 0.845. The van der Waals surface area contributed by atoms with Gasteiger partial charge in [0.1, 0.15) is 4.90 Å².